The Bertz CT molecular complexity index is 308. The lowest BCUT2D eigenvalue weighted by molar-refractivity contribution is -0.139. The lowest BCUT2D eigenvalue weighted by atomic mass is 9.90. The van der Waals surface area contributed by atoms with Gasteiger partial charge in [-0.15, -0.1) is 0 Å². The molecule has 1 saturated heterocycles. The minimum absolute atomic E-state index is 0. The van der Waals surface area contributed by atoms with Crippen LogP contribution in [0.2, 0.25) is 0 Å². The summed E-state index contributed by atoms with van der Waals surface area (Å²) in [5.41, 5.74) is 0. The smallest absolute Gasteiger partial charge is 0.233 e. The van der Waals surface area contributed by atoms with E-state index in [1.165, 1.54) is 4.90 Å². The van der Waals surface area contributed by atoms with Crippen molar-refractivity contribution in [1.29, 1.82) is 0 Å². The maximum Gasteiger partial charge on any atom is 0.233 e. The molecule has 4 heteroatoms. The zero-order chi connectivity index (χ0) is 13.7. The van der Waals surface area contributed by atoms with Crippen LogP contribution < -0.4 is 5.32 Å². The van der Waals surface area contributed by atoms with Gasteiger partial charge in [0.1, 0.15) is 0 Å². The summed E-state index contributed by atoms with van der Waals surface area (Å²) in [5, 5.41) is 3.26. The Morgan fingerprint density at radius 1 is 1.39 bits per heavy atom. The third-order valence-corrected chi connectivity index (χ3v) is 3.67. The number of nitrogens with one attached hydrogen (secondary N) is 1. The fourth-order valence-electron chi connectivity index (χ4n) is 2.25. The summed E-state index contributed by atoms with van der Waals surface area (Å²) in [4.78, 5) is 25.4. The van der Waals surface area contributed by atoms with Crippen molar-refractivity contribution < 1.29 is 11.0 Å². The van der Waals surface area contributed by atoms with E-state index >= 15 is 0 Å². The SMILES string of the molecule is CCC(C)C1CC(=O)N(CCNCC(C)C)C1=O.[HH]. The zero-order valence-electron chi connectivity index (χ0n) is 12.0. The second-order valence-corrected chi connectivity index (χ2v) is 5.68. The van der Waals surface area contributed by atoms with Gasteiger partial charge in [-0.2, -0.15) is 0 Å². The van der Waals surface area contributed by atoms with Crippen LogP contribution >= 0.6 is 0 Å². The molecular formula is C14H28N2O2. The van der Waals surface area contributed by atoms with E-state index in [9.17, 15) is 9.59 Å². The average Bonchev–Trinajstić information content (AvgIpc) is 2.60. The molecule has 0 aromatic rings. The lowest BCUT2D eigenvalue weighted by Gasteiger charge is -2.18. The van der Waals surface area contributed by atoms with E-state index in [-0.39, 0.29) is 19.2 Å². The highest BCUT2D eigenvalue weighted by Crippen LogP contribution is 2.28. The number of imide groups is 1. The zero-order valence-corrected chi connectivity index (χ0v) is 12.0. The largest absolute Gasteiger partial charge is 0.315 e. The Balaban J connectivity index is 0.00000324. The van der Waals surface area contributed by atoms with Crippen LogP contribution in [0.3, 0.4) is 0 Å². The second-order valence-electron chi connectivity index (χ2n) is 5.68. The molecule has 2 unspecified atom stereocenters. The Morgan fingerprint density at radius 3 is 2.61 bits per heavy atom. The van der Waals surface area contributed by atoms with Gasteiger partial charge in [-0.1, -0.05) is 34.1 Å². The number of hydrogen-bond acceptors (Lipinski definition) is 3. The summed E-state index contributed by atoms with van der Waals surface area (Å²) < 4.78 is 0. The molecule has 106 valence electrons. The van der Waals surface area contributed by atoms with Crippen molar-refractivity contribution in [2.45, 2.75) is 40.5 Å². The van der Waals surface area contributed by atoms with Gasteiger partial charge in [0, 0.05) is 26.9 Å². The molecule has 2 amide bonds. The van der Waals surface area contributed by atoms with Crippen LogP contribution in [0.15, 0.2) is 0 Å². The quantitative estimate of drug-likeness (QED) is 0.559. The van der Waals surface area contributed by atoms with Crippen molar-refractivity contribution >= 4 is 11.8 Å². The van der Waals surface area contributed by atoms with Gasteiger partial charge < -0.3 is 5.32 Å². The van der Waals surface area contributed by atoms with Crippen LogP contribution in [0.25, 0.3) is 0 Å². The predicted octanol–water partition coefficient (Wildman–Crippen LogP) is 1.90. The number of nitrogens with zero attached hydrogens (tertiary/aromatic N) is 1. The summed E-state index contributed by atoms with van der Waals surface area (Å²) in [6.07, 6.45) is 1.35. The molecule has 1 heterocycles. The molecule has 0 spiro atoms. The predicted molar refractivity (Wildman–Crippen MR) is 74.1 cm³/mol. The standard InChI is InChI=1S/C14H26N2O2.H2/c1-5-11(4)12-8-13(17)16(14(12)18)7-6-15-9-10(2)3;/h10-12,15H,5-9H2,1-4H3;1H. The Labute approximate surface area is 112 Å². The Hall–Kier alpha value is -0.900. The highest BCUT2D eigenvalue weighted by atomic mass is 16.2. The van der Waals surface area contributed by atoms with Gasteiger partial charge in [-0.3, -0.25) is 14.5 Å². The highest BCUT2D eigenvalue weighted by Gasteiger charge is 2.40. The molecule has 1 fully saturated rings. The summed E-state index contributed by atoms with van der Waals surface area (Å²) in [6, 6.07) is 0. The van der Waals surface area contributed by atoms with Crippen molar-refractivity contribution in [1.82, 2.24) is 10.2 Å². The summed E-state index contributed by atoms with van der Waals surface area (Å²) in [7, 11) is 0. The molecule has 1 aliphatic rings. The molecule has 2 atom stereocenters. The van der Waals surface area contributed by atoms with Crippen molar-refractivity contribution in [3.05, 3.63) is 0 Å². The van der Waals surface area contributed by atoms with Crippen LogP contribution in [-0.4, -0.2) is 36.3 Å². The molecule has 1 rings (SSSR count). The number of rotatable bonds is 7. The molecule has 1 N–H and O–H groups in total. The monoisotopic (exact) mass is 256 g/mol. The van der Waals surface area contributed by atoms with Gasteiger partial charge in [0.15, 0.2) is 0 Å². The maximum absolute atomic E-state index is 12.1. The van der Waals surface area contributed by atoms with Crippen molar-refractivity contribution in [2.24, 2.45) is 17.8 Å². The van der Waals surface area contributed by atoms with E-state index in [0.29, 0.717) is 31.3 Å². The normalized spacial score (nSPS) is 22.1. The van der Waals surface area contributed by atoms with E-state index in [1.807, 2.05) is 0 Å². The van der Waals surface area contributed by atoms with E-state index in [1.54, 1.807) is 0 Å². The van der Waals surface area contributed by atoms with Crippen LogP contribution in [0, 0.1) is 17.8 Å². The first-order chi connectivity index (χ1) is 8.47. The third kappa shape index (κ3) is 3.80. The molecule has 18 heavy (non-hydrogen) atoms. The van der Waals surface area contributed by atoms with Crippen LogP contribution in [0.1, 0.15) is 42.0 Å². The number of hydrogen-bond donors (Lipinski definition) is 1. The van der Waals surface area contributed by atoms with E-state index in [4.69, 9.17) is 0 Å². The molecule has 0 radical (unpaired) electrons. The number of likely N-dealkylation sites (tertiary alicyclic amines) is 1. The second kappa shape index (κ2) is 6.88. The number of carbonyl (C=O) groups is 2. The third-order valence-electron chi connectivity index (χ3n) is 3.67. The first-order valence-corrected chi connectivity index (χ1v) is 7.02. The summed E-state index contributed by atoms with van der Waals surface area (Å²) in [5.74, 6) is 0.822. The van der Waals surface area contributed by atoms with Crippen molar-refractivity contribution in [2.75, 3.05) is 19.6 Å². The van der Waals surface area contributed by atoms with E-state index < -0.39 is 0 Å². The highest BCUT2D eigenvalue weighted by molar-refractivity contribution is 6.03. The maximum atomic E-state index is 12.1. The summed E-state index contributed by atoms with van der Waals surface area (Å²) in [6.45, 7) is 10.5. The Kier molecular flexibility index (Phi) is 5.79. The van der Waals surface area contributed by atoms with Gasteiger partial charge in [0.2, 0.25) is 11.8 Å². The number of amides is 2. The molecule has 0 aromatic heterocycles. The van der Waals surface area contributed by atoms with Crippen LogP contribution in [0.5, 0.6) is 0 Å². The van der Waals surface area contributed by atoms with Crippen LogP contribution in [0.4, 0.5) is 0 Å². The first-order valence-electron chi connectivity index (χ1n) is 7.02. The number of carbonyl (C=O) groups excluding carboxylic acids is 2. The van der Waals surface area contributed by atoms with Gasteiger partial charge in [-0.05, 0) is 18.4 Å². The van der Waals surface area contributed by atoms with Gasteiger partial charge in [0.05, 0.1) is 0 Å². The van der Waals surface area contributed by atoms with Gasteiger partial charge in [0.25, 0.3) is 0 Å². The molecule has 4 nitrogen and oxygen atoms in total. The van der Waals surface area contributed by atoms with Crippen LogP contribution in [-0.2, 0) is 9.59 Å². The molecule has 0 bridgehead atoms. The van der Waals surface area contributed by atoms with Crippen molar-refractivity contribution in [3.63, 3.8) is 0 Å². The fraction of sp³-hybridized carbons (Fsp3) is 0.857. The van der Waals surface area contributed by atoms with E-state index in [2.05, 4.69) is 33.0 Å². The average molecular weight is 256 g/mol. The first kappa shape index (κ1) is 15.2. The molecule has 0 saturated carbocycles. The minimum atomic E-state index is -0.0902. The van der Waals surface area contributed by atoms with Crippen molar-refractivity contribution in [3.8, 4) is 0 Å². The molecular weight excluding hydrogens is 228 g/mol. The van der Waals surface area contributed by atoms with E-state index in [0.717, 1.165) is 13.0 Å². The molecule has 0 aliphatic carbocycles. The topological polar surface area (TPSA) is 49.4 Å². The van der Waals surface area contributed by atoms with Gasteiger partial charge >= 0.3 is 0 Å². The minimum Gasteiger partial charge on any atom is -0.315 e. The molecule has 0 aromatic carbocycles. The Morgan fingerprint density at radius 2 is 2.06 bits per heavy atom. The lowest BCUT2D eigenvalue weighted by Crippen LogP contribution is -2.38. The van der Waals surface area contributed by atoms with Gasteiger partial charge in [-0.25, -0.2) is 0 Å². The summed E-state index contributed by atoms with van der Waals surface area (Å²) >= 11 is 0. The fourth-order valence-corrected chi connectivity index (χ4v) is 2.25. The molecule has 1 aliphatic heterocycles.